The van der Waals surface area contributed by atoms with E-state index in [-0.39, 0.29) is 15.7 Å². The first-order chi connectivity index (χ1) is 28.2. The van der Waals surface area contributed by atoms with Crippen LogP contribution in [0.1, 0.15) is 61.7 Å². The van der Waals surface area contributed by atoms with Crippen LogP contribution in [0.3, 0.4) is 0 Å². The van der Waals surface area contributed by atoms with Crippen LogP contribution in [0.4, 0.5) is 0 Å². The fraction of sp³-hybridized carbons (Fsp3) is 0.208. The zero-order chi connectivity index (χ0) is 40.6. The molecule has 0 amide bonds. The minimum atomic E-state index is -2.18. The van der Waals surface area contributed by atoms with E-state index < -0.39 is 13.2 Å². The number of fused-ring (bicyclic) bond motifs is 2. The molecule has 10 heteroatoms. The Morgan fingerprint density at radius 2 is 1.12 bits per heavy atom. The molecule has 0 aromatic heterocycles. The third kappa shape index (κ3) is 8.95. The number of phenols is 1. The Hall–Kier alpha value is -3.59. The van der Waals surface area contributed by atoms with E-state index in [2.05, 4.69) is 155 Å². The van der Waals surface area contributed by atoms with Gasteiger partial charge >= 0.3 is 189 Å². The number of benzene rings is 6. The first-order valence-electron chi connectivity index (χ1n) is 19.6. The van der Waals surface area contributed by atoms with Crippen LogP contribution in [0.15, 0.2) is 154 Å². The van der Waals surface area contributed by atoms with Gasteiger partial charge in [-0.1, -0.05) is 18.2 Å². The Morgan fingerprint density at radius 3 is 1.71 bits per heavy atom. The van der Waals surface area contributed by atoms with Crippen molar-refractivity contribution in [2.45, 2.75) is 51.4 Å². The fourth-order valence-electron chi connectivity index (χ4n) is 8.06. The van der Waals surface area contributed by atoms with Gasteiger partial charge in [0.05, 0.1) is 14.5 Å². The zero-order valence-electron chi connectivity index (χ0n) is 31.8. The average molecular weight is 1050 g/mol. The van der Waals surface area contributed by atoms with Gasteiger partial charge < -0.3 is 9.52 Å². The minimum absolute atomic E-state index is 0.0427. The maximum atomic E-state index is 13.7. The number of hydrogen-bond acceptors (Lipinski definition) is 5. The number of phenolic OH excluding ortho intramolecular Hbond substituents is 1. The maximum Gasteiger partial charge on any atom is 0.210 e. The Balaban J connectivity index is 0.949. The molecule has 5 aromatic carbocycles. The number of ether oxygens (including phenoxy) is 1. The molecule has 0 radical (unpaired) electrons. The molecule has 0 saturated carbocycles. The predicted molar refractivity (Wildman–Crippen MR) is 256 cm³/mol. The number of rotatable bonds is 16. The molecule has 298 valence electrons. The molecule has 0 bridgehead atoms. The quantitative estimate of drug-likeness (QED) is 0.0452. The van der Waals surface area contributed by atoms with Crippen LogP contribution in [-0.2, 0) is 4.74 Å². The summed E-state index contributed by atoms with van der Waals surface area (Å²) in [7, 11) is -2.18. The average Bonchev–Trinajstić information content (AvgIpc) is 3.26. The molecule has 0 spiro atoms. The van der Waals surface area contributed by atoms with Crippen LogP contribution in [-0.4, -0.2) is 23.8 Å². The number of esters is 1. The molecule has 58 heavy (non-hydrogen) atoms. The summed E-state index contributed by atoms with van der Waals surface area (Å²) in [4.78, 5) is 26.6. The summed E-state index contributed by atoms with van der Waals surface area (Å²) < 4.78 is 13.4. The number of carbonyl (C=O) groups is 1. The SMILES string of the molecule is O=C(OCCCCCCCCCC[PH](c1ccccc1)(c1ccccc1)c1ccccc1)c1ccccc1-c1c2cc(Br)c(=O)c(Br)c-2oc2c(Br)c(O)c(Br)cc12. The number of carbonyl (C=O) groups excluding carboxylic acids is 1. The van der Waals surface area contributed by atoms with E-state index in [0.29, 0.717) is 59.0 Å². The van der Waals surface area contributed by atoms with E-state index in [1.165, 1.54) is 47.8 Å². The summed E-state index contributed by atoms with van der Waals surface area (Å²) in [5.74, 6) is -0.170. The van der Waals surface area contributed by atoms with Crippen molar-refractivity contribution in [3.63, 3.8) is 0 Å². The van der Waals surface area contributed by atoms with Crippen LogP contribution in [0, 0.1) is 0 Å². The summed E-state index contributed by atoms with van der Waals surface area (Å²) in [6.45, 7) is 0.325. The fourth-order valence-corrected chi connectivity index (χ4v) is 15.4. The molecule has 7 rings (SSSR count). The number of unbranched alkanes of at least 4 members (excludes halogenated alkanes) is 7. The molecule has 1 aliphatic heterocycles. The van der Waals surface area contributed by atoms with Gasteiger partial charge in [0.2, 0.25) is 5.43 Å². The molecule has 1 N–H and O–H groups in total. The van der Waals surface area contributed by atoms with Gasteiger partial charge in [0.1, 0.15) is 14.7 Å². The van der Waals surface area contributed by atoms with E-state index in [1.54, 1.807) is 18.2 Å². The Bertz CT molecular complexity index is 2450. The number of halogens is 4. The van der Waals surface area contributed by atoms with Gasteiger partial charge in [-0.25, -0.2) is 4.79 Å². The topological polar surface area (TPSA) is 76.7 Å². The van der Waals surface area contributed by atoms with Gasteiger partial charge in [-0.15, -0.1) is 0 Å². The summed E-state index contributed by atoms with van der Waals surface area (Å²) in [6.07, 6.45) is 10.0. The van der Waals surface area contributed by atoms with Gasteiger partial charge in [-0.3, -0.25) is 4.79 Å². The van der Waals surface area contributed by atoms with Crippen molar-refractivity contribution in [1.82, 2.24) is 0 Å². The van der Waals surface area contributed by atoms with Crippen LogP contribution in [0.5, 0.6) is 5.75 Å². The van der Waals surface area contributed by atoms with E-state index in [4.69, 9.17) is 9.15 Å². The van der Waals surface area contributed by atoms with Gasteiger partial charge in [0.15, 0.2) is 11.3 Å². The molecule has 1 aliphatic carbocycles. The van der Waals surface area contributed by atoms with Crippen molar-refractivity contribution in [3.05, 3.63) is 161 Å². The number of aromatic hydroxyl groups is 1. The van der Waals surface area contributed by atoms with Crippen LogP contribution in [0.25, 0.3) is 33.4 Å². The van der Waals surface area contributed by atoms with Crippen LogP contribution >= 0.6 is 71.0 Å². The molecule has 0 fully saturated rings. The third-order valence-corrected chi connectivity index (χ3v) is 18.6. The molecule has 5 nitrogen and oxygen atoms in total. The first-order valence-corrected chi connectivity index (χ1v) is 25.0. The summed E-state index contributed by atoms with van der Waals surface area (Å²) in [5.41, 5.74) is 2.35. The molecule has 2 aliphatic rings. The van der Waals surface area contributed by atoms with Gasteiger partial charge in [-0.05, 0) is 87.5 Å². The van der Waals surface area contributed by atoms with Crippen molar-refractivity contribution < 1.29 is 19.1 Å². The standard InChI is InChI=1S/C48H43Br4O5P/c49-39-30-37-41(38-31-40(50)45(54)43(52)47(38)57-46(37)42(51)44(39)53)35-26-16-17-27-36(35)48(55)56-28-18-5-3-1-2-4-6-19-29-58(32-20-10-7-11-21-32,33-22-12-8-13-23-33)34-24-14-9-15-25-34/h7-17,20-27,30-31,53,58H,1-6,18-19,28-29H2. The zero-order valence-corrected chi connectivity index (χ0v) is 39.1. The summed E-state index contributed by atoms with van der Waals surface area (Å²) >= 11 is 13.7. The predicted octanol–water partition coefficient (Wildman–Crippen LogP) is 13.3. The second-order valence-electron chi connectivity index (χ2n) is 14.5. The smallest absolute Gasteiger partial charge is 0.210 e. The molecule has 0 unspecified atom stereocenters. The van der Waals surface area contributed by atoms with E-state index in [0.717, 1.165) is 25.7 Å². The van der Waals surface area contributed by atoms with Gasteiger partial charge in [0.25, 0.3) is 0 Å². The van der Waals surface area contributed by atoms with Crippen molar-refractivity contribution in [2.75, 3.05) is 12.8 Å². The van der Waals surface area contributed by atoms with Gasteiger partial charge in [-0.2, -0.15) is 0 Å². The van der Waals surface area contributed by atoms with Crippen molar-refractivity contribution in [2.24, 2.45) is 0 Å². The molecule has 0 atom stereocenters. The minimum Gasteiger partial charge on any atom is -0.505 e. The van der Waals surface area contributed by atoms with Crippen molar-refractivity contribution in [1.29, 1.82) is 0 Å². The first kappa shape index (κ1) is 42.5. The number of hydrogen-bond donors (Lipinski definition) is 1. The van der Waals surface area contributed by atoms with E-state index in [1.807, 2.05) is 18.2 Å². The monoisotopic (exact) mass is 1050 g/mol. The maximum absolute atomic E-state index is 13.7. The molecule has 1 heterocycles. The third-order valence-electron chi connectivity index (χ3n) is 10.9. The summed E-state index contributed by atoms with van der Waals surface area (Å²) in [5, 5.41) is 15.7. The second kappa shape index (κ2) is 19.6. The van der Waals surface area contributed by atoms with Crippen molar-refractivity contribution in [3.8, 4) is 28.2 Å². The van der Waals surface area contributed by atoms with Crippen LogP contribution < -0.4 is 21.3 Å². The Morgan fingerprint density at radius 1 is 0.603 bits per heavy atom. The van der Waals surface area contributed by atoms with Crippen molar-refractivity contribution >= 4 is 104 Å². The molecule has 5 aromatic rings. The molecular formula is C48H43Br4O5P. The van der Waals surface area contributed by atoms with Crippen LogP contribution in [0.2, 0.25) is 0 Å². The van der Waals surface area contributed by atoms with Gasteiger partial charge in [0, 0.05) is 16.5 Å². The Labute approximate surface area is 373 Å². The van der Waals surface area contributed by atoms with E-state index >= 15 is 0 Å². The van der Waals surface area contributed by atoms with E-state index in [9.17, 15) is 14.7 Å². The molecular weight excluding hydrogens is 1010 g/mol. The second-order valence-corrected chi connectivity index (χ2v) is 21.9. The normalized spacial score (nSPS) is 11.9. The largest absolute Gasteiger partial charge is 0.505 e. The molecule has 0 saturated heterocycles. The Kier molecular flexibility index (Phi) is 14.4. The summed E-state index contributed by atoms with van der Waals surface area (Å²) in [6, 6.07) is 44.2.